The number of phenolic OH excluding ortho intramolecular Hbond substituents is 1. The molecule has 0 saturated heterocycles. The van der Waals surface area contributed by atoms with Crippen molar-refractivity contribution < 1.29 is 5.11 Å². The Morgan fingerprint density at radius 1 is 0.960 bits per heavy atom. The molecule has 0 aliphatic carbocycles. The van der Waals surface area contributed by atoms with Gasteiger partial charge in [-0.2, -0.15) is 20.4 Å². The molecule has 0 bridgehead atoms. The summed E-state index contributed by atoms with van der Waals surface area (Å²) in [7, 11) is 3.35. The quantitative estimate of drug-likeness (QED) is 0.481. The average Bonchev–Trinajstić information content (AvgIpc) is 3.15. The van der Waals surface area contributed by atoms with Crippen LogP contribution in [0, 0.1) is 0 Å². The van der Waals surface area contributed by atoms with E-state index in [1.165, 1.54) is 21.8 Å². The number of aryl methyl sites for hydroxylation is 2. The second-order valence-electron chi connectivity index (χ2n) is 5.05. The molecule has 3 rings (SSSR count). The van der Waals surface area contributed by atoms with Crippen molar-refractivity contribution >= 4 is 11.6 Å². The van der Waals surface area contributed by atoms with Crippen molar-refractivity contribution in [2.24, 2.45) is 24.3 Å². The van der Waals surface area contributed by atoms with Crippen LogP contribution < -0.4 is 32.4 Å². The first-order valence-electron chi connectivity index (χ1n) is 7.11. The average molecular weight is 342 g/mol. The van der Waals surface area contributed by atoms with Gasteiger partial charge in [-0.05, 0) is 0 Å². The van der Waals surface area contributed by atoms with Gasteiger partial charge in [-0.1, -0.05) is 0 Å². The molecule has 11 heteroatoms. The van der Waals surface area contributed by atoms with Crippen LogP contribution in [0.4, 0.5) is 11.6 Å². The number of aromatic hydroxyl groups is 1. The topological polar surface area (TPSA) is 139 Å². The fraction of sp³-hybridized carbons (Fsp3) is 0.143. The van der Waals surface area contributed by atoms with Gasteiger partial charge < -0.3 is 5.11 Å². The molecule has 25 heavy (non-hydrogen) atoms. The summed E-state index contributed by atoms with van der Waals surface area (Å²) in [6.07, 6.45) is 3.07. The summed E-state index contributed by atoms with van der Waals surface area (Å²) in [5.41, 5.74) is 3.65. The molecule has 0 amide bonds. The molecule has 0 spiro atoms. The highest BCUT2D eigenvalue weighted by molar-refractivity contribution is 5.33. The molecule has 0 fully saturated rings. The van der Waals surface area contributed by atoms with Crippen molar-refractivity contribution in [2.75, 3.05) is 10.9 Å². The molecule has 2 aromatic heterocycles. The molecule has 1 aromatic carbocycles. The molecular weight excluding hydrogens is 328 g/mol. The highest BCUT2D eigenvalue weighted by Gasteiger charge is 2.08. The first kappa shape index (κ1) is 16.1. The van der Waals surface area contributed by atoms with Crippen LogP contribution in [0.5, 0.6) is 5.75 Å². The smallest absolute Gasteiger partial charge is 0.241 e. The van der Waals surface area contributed by atoms with Gasteiger partial charge in [0.05, 0.1) is 12.4 Å². The standard InChI is InChI=1S/C14H14N8O3/c1-21-10(3-5-15-21)17-19-12-8(23)7-9(24)13(14(12)25)20-18-11-4-6-16-22(11)2/h3-7,17-18,23H,1-2H3. The van der Waals surface area contributed by atoms with Crippen LogP contribution in [-0.4, -0.2) is 24.7 Å². The normalized spacial score (nSPS) is 12.6. The lowest BCUT2D eigenvalue weighted by Crippen LogP contribution is -2.48. The second-order valence-corrected chi connectivity index (χ2v) is 5.05. The molecule has 11 nitrogen and oxygen atoms in total. The van der Waals surface area contributed by atoms with Crippen molar-refractivity contribution in [1.29, 1.82) is 0 Å². The van der Waals surface area contributed by atoms with Gasteiger partial charge in [0, 0.05) is 32.3 Å². The van der Waals surface area contributed by atoms with E-state index in [1.54, 1.807) is 26.2 Å². The molecule has 0 unspecified atom stereocenters. The third kappa shape index (κ3) is 3.15. The highest BCUT2D eigenvalue weighted by Crippen LogP contribution is 2.02. The van der Waals surface area contributed by atoms with E-state index in [0.717, 1.165) is 6.07 Å². The Morgan fingerprint density at radius 3 is 1.96 bits per heavy atom. The first-order valence-corrected chi connectivity index (χ1v) is 7.11. The van der Waals surface area contributed by atoms with E-state index >= 15 is 0 Å². The molecule has 0 saturated carbocycles. The largest absolute Gasteiger partial charge is 0.505 e. The summed E-state index contributed by atoms with van der Waals surface area (Å²) in [6, 6.07) is 4.13. The Bertz CT molecular complexity index is 1130. The minimum atomic E-state index is -0.811. The Morgan fingerprint density at radius 2 is 1.48 bits per heavy atom. The lowest BCUT2D eigenvalue weighted by Gasteiger charge is -2.00. The maximum Gasteiger partial charge on any atom is 0.241 e. The number of phenols is 1. The molecule has 0 atom stereocenters. The summed E-state index contributed by atoms with van der Waals surface area (Å²) in [6.45, 7) is 0. The van der Waals surface area contributed by atoms with Crippen LogP contribution in [0.3, 0.4) is 0 Å². The third-order valence-corrected chi connectivity index (χ3v) is 3.38. The van der Waals surface area contributed by atoms with Crippen molar-refractivity contribution in [1.82, 2.24) is 19.6 Å². The zero-order valence-electron chi connectivity index (χ0n) is 13.3. The Kier molecular flexibility index (Phi) is 4.12. The summed E-state index contributed by atoms with van der Waals surface area (Å²) in [4.78, 5) is 24.4. The Hall–Kier alpha value is -3.76. The van der Waals surface area contributed by atoms with Crippen LogP contribution >= 0.6 is 0 Å². The number of aromatic nitrogens is 4. The van der Waals surface area contributed by atoms with E-state index in [1.807, 2.05) is 0 Å². The first-order chi connectivity index (χ1) is 12.0. The molecule has 0 radical (unpaired) electrons. The van der Waals surface area contributed by atoms with E-state index in [-0.39, 0.29) is 5.36 Å². The summed E-state index contributed by atoms with van der Waals surface area (Å²) in [5, 5.41) is 24.7. The molecular formula is C14H14N8O3. The third-order valence-electron chi connectivity index (χ3n) is 3.38. The zero-order valence-corrected chi connectivity index (χ0v) is 13.3. The van der Waals surface area contributed by atoms with Crippen LogP contribution in [0.1, 0.15) is 0 Å². The highest BCUT2D eigenvalue weighted by atomic mass is 16.3. The maximum absolute atomic E-state index is 12.4. The summed E-state index contributed by atoms with van der Waals surface area (Å²) >= 11 is 0. The predicted octanol–water partition coefficient (Wildman–Crippen LogP) is -1.69. The predicted molar refractivity (Wildman–Crippen MR) is 87.8 cm³/mol. The fourth-order valence-electron chi connectivity index (χ4n) is 2.01. The molecule has 2 heterocycles. The molecule has 3 aromatic rings. The molecule has 0 aliphatic rings. The van der Waals surface area contributed by atoms with Crippen LogP contribution in [-0.2, 0) is 14.1 Å². The number of benzene rings is 1. The number of anilines is 2. The maximum atomic E-state index is 12.4. The number of rotatable bonds is 4. The van der Waals surface area contributed by atoms with Crippen molar-refractivity contribution in [3.63, 3.8) is 0 Å². The van der Waals surface area contributed by atoms with Gasteiger partial charge in [0.1, 0.15) is 11.6 Å². The summed E-state index contributed by atoms with van der Waals surface area (Å²) < 4.78 is 2.97. The monoisotopic (exact) mass is 342 g/mol. The van der Waals surface area contributed by atoms with Crippen molar-refractivity contribution in [3.8, 4) is 5.75 Å². The number of hydrogen-bond donors (Lipinski definition) is 3. The van der Waals surface area contributed by atoms with Gasteiger partial charge in [0.15, 0.2) is 16.5 Å². The van der Waals surface area contributed by atoms with Gasteiger partial charge >= 0.3 is 0 Å². The molecule has 128 valence electrons. The van der Waals surface area contributed by atoms with Crippen molar-refractivity contribution in [3.05, 3.63) is 61.8 Å². The zero-order chi connectivity index (χ0) is 18.0. The number of hydrogen-bond acceptors (Lipinski definition) is 9. The minimum absolute atomic E-state index is 0.327. The van der Waals surface area contributed by atoms with Gasteiger partial charge in [-0.15, -0.1) is 0 Å². The number of nitrogens with one attached hydrogen (secondary N) is 2. The van der Waals surface area contributed by atoms with E-state index in [0.29, 0.717) is 11.6 Å². The van der Waals surface area contributed by atoms with Gasteiger partial charge in [-0.25, -0.2) is 0 Å². The van der Waals surface area contributed by atoms with Crippen LogP contribution in [0.25, 0.3) is 0 Å². The van der Waals surface area contributed by atoms with E-state index in [4.69, 9.17) is 0 Å². The van der Waals surface area contributed by atoms with Gasteiger partial charge in [0.25, 0.3) is 0 Å². The van der Waals surface area contributed by atoms with Gasteiger partial charge in [0.2, 0.25) is 10.9 Å². The second kappa shape index (κ2) is 6.39. The molecule has 0 aliphatic heterocycles. The van der Waals surface area contributed by atoms with Crippen LogP contribution in [0.15, 0.2) is 50.4 Å². The van der Waals surface area contributed by atoms with E-state index < -0.39 is 22.0 Å². The van der Waals surface area contributed by atoms with Crippen molar-refractivity contribution in [2.45, 2.75) is 0 Å². The fourth-order valence-corrected chi connectivity index (χ4v) is 2.01. The van der Waals surface area contributed by atoms with Crippen LogP contribution in [0.2, 0.25) is 0 Å². The minimum Gasteiger partial charge on any atom is -0.505 e. The Balaban J connectivity index is 2.06. The lowest BCUT2D eigenvalue weighted by atomic mass is 10.3. The summed E-state index contributed by atoms with van der Waals surface area (Å²) in [5.74, 6) is 0.444. The lowest BCUT2D eigenvalue weighted by molar-refractivity contribution is 0.466. The van der Waals surface area contributed by atoms with Gasteiger partial charge in [-0.3, -0.25) is 29.8 Å². The van der Waals surface area contributed by atoms with E-state index in [9.17, 15) is 14.7 Å². The van der Waals surface area contributed by atoms with E-state index in [2.05, 4.69) is 31.3 Å². The molecule has 3 N–H and O–H groups in total. The number of nitrogens with zero attached hydrogens (tertiary/aromatic N) is 6. The SMILES string of the molecule is Cn1nccc1NN=c1c(O)cc(=O)c(=NNc2ccnn2C)c1=O. The Labute approximate surface area is 139 Å².